The summed E-state index contributed by atoms with van der Waals surface area (Å²) < 4.78 is 12.0. The molecule has 2 aliphatic heterocycles. The molecule has 2 amide bonds. The Morgan fingerprint density at radius 1 is 1.50 bits per heavy atom. The maximum atomic E-state index is 11.2. The number of nitrogens with one attached hydrogen (secondary N) is 1. The number of methoxy groups -OCH3 is 1. The van der Waals surface area contributed by atoms with Crippen molar-refractivity contribution in [1.82, 2.24) is 10.3 Å². The molecule has 0 unspecified atom stereocenters. The summed E-state index contributed by atoms with van der Waals surface area (Å²) in [7, 11) is 3.87. The van der Waals surface area contributed by atoms with E-state index in [4.69, 9.17) is 15.2 Å². The number of likely N-dealkylation sites (tertiary alicyclic amines) is 1. The van der Waals surface area contributed by atoms with Gasteiger partial charge in [0, 0.05) is 17.5 Å². The normalized spacial score (nSPS) is 35.0. The highest BCUT2D eigenvalue weighted by Crippen LogP contribution is 2.61. The molecule has 7 heteroatoms. The first-order valence-corrected chi connectivity index (χ1v) is 8.94. The third kappa shape index (κ3) is 1.81. The molecule has 4 aliphatic rings. The molecule has 26 heavy (non-hydrogen) atoms. The summed E-state index contributed by atoms with van der Waals surface area (Å²) in [6.07, 6.45) is 5.94. The first-order chi connectivity index (χ1) is 12.6. The molecule has 2 heterocycles. The van der Waals surface area contributed by atoms with Crippen LogP contribution in [0.25, 0.3) is 0 Å². The number of benzene rings is 1. The van der Waals surface area contributed by atoms with Gasteiger partial charge in [-0.3, -0.25) is 0 Å². The van der Waals surface area contributed by atoms with E-state index in [0.717, 1.165) is 30.9 Å². The number of hydrogen-bond acceptors (Lipinski definition) is 5. The van der Waals surface area contributed by atoms with E-state index in [1.807, 2.05) is 12.1 Å². The van der Waals surface area contributed by atoms with Crippen LogP contribution in [0.4, 0.5) is 4.79 Å². The fourth-order valence-corrected chi connectivity index (χ4v) is 5.46. The van der Waals surface area contributed by atoms with Crippen LogP contribution in [0.2, 0.25) is 0 Å². The van der Waals surface area contributed by atoms with Crippen LogP contribution in [0.1, 0.15) is 17.5 Å². The van der Waals surface area contributed by atoms with E-state index in [-0.39, 0.29) is 11.5 Å². The van der Waals surface area contributed by atoms with E-state index in [2.05, 4.69) is 34.6 Å². The second-order valence-corrected chi connectivity index (χ2v) is 7.57. The molecule has 2 bridgehead atoms. The van der Waals surface area contributed by atoms with Crippen molar-refractivity contribution in [2.75, 3.05) is 20.7 Å². The minimum Gasteiger partial charge on any atom is -0.493 e. The molecule has 4 atom stereocenters. The van der Waals surface area contributed by atoms with Gasteiger partial charge in [-0.05, 0) is 44.1 Å². The Morgan fingerprint density at radius 2 is 2.35 bits per heavy atom. The second kappa shape index (κ2) is 5.23. The van der Waals surface area contributed by atoms with Gasteiger partial charge in [0.15, 0.2) is 17.6 Å². The van der Waals surface area contributed by atoms with Crippen molar-refractivity contribution in [2.45, 2.75) is 30.4 Å². The van der Waals surface area contributed by atoms with Gasteiger partial charge in [0.1, 0.15) is 5.71 Å². The number of primary amides is 1. The highest BCUT2D eigenvalue weighted by atomic mass is 16.5. The number of likely N-dealkylation sites (N-methyl/N-ethyl adjacent to an activating group) is 1. The lowest BCUT2D eigenvalue weighted by Crippen LogP contribution is -2.64. The molecule has 1 fully saturated rings. The lowest BCUT2D eigenvalue weighted by molar-refractivity contribution is 0.0271. The SMILES string of the molecule is COc1ccc2c3c1O[C@H]1C(=NNC(N)=O)C=C[C@H]4[C@@H](C2)N(C)CC[C@]314. The predicted octanol–water partition coefficient (Wildman–Crippen LogP) is 1.16. The van der Waals surface area contributed by atoms with Gasteiger partial charge >= 0.3 is 6.03 Å². The molecule has 1 spiro atoms. The van der Waals surface area contributed by atoms with Gasteiger partial charge in [-0.1, -0.05) is 12.1 Å². The molecule has 0 radical (unpaired) electrons. The van der Waals surface area contributed by atoms with Crippen molar-refractivity contribution < 1.29 is 14.3 Å². The number of carbonyl (C=O) groups is 1. The number of ether oxygens (including phenoxy) is 2. The summed E-state index contributed by atoms with van der Waals surface area (Å²) in [5.74, 6) is 1.93. The number of hydrogen-bond donors (Lipinski definition) is 2. The molecule has 1 aromatic rings. The third-order valence-electron chi connectivity index (χ3n) is 6.52. The van der Waals surface area contributed by atoms with E-state index in [9.17, 15) is 4.79 Å². The van der Waals surface area contributed by atoms with Crippen molar-refractivity contribution in [1.29, 1.82) is 0 Å². The van der Waals surface area contributed by atoms with E-state index in [1.54, 1.807) is 7.11 Å². The Kier molecular flexibility index (Phi) is 3.16. The van der Waals surface area contributed by atoms with Crippen LogP contribution in [0.3, 0.4) is 0 Å². The highest BCUT2D eigenvalue weighted by Gasteiger charge is 2.63. The van der Waals surface area contributed by atoms with E-state index in [0.29, 0.717) is 17.7 Å². The largest absolute Gasteiger partial charge is 0.493 e. The fourth-order valence-electron chi connectivity index (χ4n) is 5.46. The summed E-state index contributed by atoms with van der Waals surface area (Å²) in [6.45, 7) is 1.00. The van der Waals surface area contributed by atoms with Crippen LogP contribution in [-0.2, 0) is 11.8 Å². The van der Waals surface area contributed by atoms with Crippen LogP contribution in [-0.4, -0.2) is 49.5 Å². The van der Waals surface area contributed by atoms with Crippen LogP contribution >= 0.6 is 0 Å². The summed E-state index contributed by atoms with van der Waals surface area (Å²) in [5.41, 5.74) is 10.7. The number of nitrogens with two attached hydrogens (primary N) is 1. The maximum Gasteiger partial charge on any atom is 0.332 e. The molecule has 7 nitrogen and oxygen atoms in total. The number of piperidine rings is 1. The summed E-state index contributed by atoms with van der Waals surface area (Å²) in [4.78, 5) is 13.6. The molecule has 1 saturated heterocycles. The van der Waals surface area contributed by atoms with E-state index >= 15 is 0 Å². The summed E-state index contributed by atoms with van der Waals surface area (Å²) in [6, 6.07) is 3.92. The predicted molar refractivity (Wildman–Crippen MR) is 96.6 cm³/mol. The highest BCUT2D eigenvalue weighted by molar-refractivity contribution is 6.03. The zero-order chi connectivity index (χ0) is 18.1. The number of urea groups is 1. The Hall–Kier alpha value is -2.54. The Bertz CT molecular complexity index is 865. The van der Waals surface area contributed by atoms with Crippen LogP contribution in [0.5, 0.6) is 11.5 Å². The fraction of sp³-hybridized carbons (Fsp3) is 0.474. The topological polar surface area (TPSA) is 89.2 Å². The molecule has 3 N–H and O–H groups in total. The van der Waals surface area contributed by atoms with Crippen molar-refractivity contribution in [2.24, 2.45) is 16.8 Å². The lowest BCUT2D eigenvalue weighted by Gasteiger charge is -2.55. The first kappa shape index (κ1) is 15.7. The molecule has 136 valence electrons. The van der Waals surface area contributed by atoms with Gasteiger partial charge in [-0.25, -0.2) is 10.2 Å². The summed E-state index contributed by atoms with van der Waals surface area (Å²) in [5, 5.41) is 4.24. The van der Waals surface area contributed by atoms with E-state index in [1.165, 1.54) is 11.1 Å². The number of rotatable bonds is 2. The van der Waals surface area contributed by atoms with Gasteiger partial charge in [0.25, 0.3) is 0 Å². The molecular weight excluding hydrogens is 332 g/mol. The average Bonchev–Trinajstić information content (AvgIpc) is 2.98. The van der Waals surface area contributed by atoms with Gasteiger partial charge in [0.05, 0.1) is 12.5 Å². The van der Waals surface area contributed by atoms with Gasteiger partial charge in [-0.2, -0.15) is 5.10 Å². The Balaban J connectivity index is 1.74. The first-order valence-electron chi connectivity index (χ1n) is 8.94. The minimum absolute atomic E-state index is 0.165. The second-order valence-electron chi connectivity index (χ2n) is 7.57. The van der Waals surface area contributed by atoms with Gasteiger partial charge < -0.3 is 20.1 Å². The van der Waals surface area contributed by atoms with E-state index < -0.39 is 6.03 Å². The summed E-state index contributed by atoms with van der Waals surface area (Å²) >= 11 is 0. The van der Waals surface area contributed by atoms with Crippen molar-refractivity contribution >= 4 is 11.7 Å². The maximum absolute atomic E-state index is 11.2. The number of amides is 2. The Labute approximate surface area is 151 Å². The van der Waals surface area contributed by atoms with Crippen molar-refractivity contribution in [3.63, 3.8) is 0 Å². The van der Waals surface area contributed by atoms with Gasteiger partial charge in [0.2, 0.25) is 0 Å². The third-order valence-corrected chi connectivity index (χ3v) is 6.52. The van der Waals surface area contributed by atoms with Crippen LogP contribution < -0.4 is 20.6 Å². The zero-order valence-corrected chi connectivity index (χ0v) is 14.9. The molecular formula is C19H22N4O3. The van der Waals surface area contributed by atoms with Crippen LogP contribution in [0, 0.1) is 5.92 Å². The van der Waals surface area contributed by atoms with Crippen molar-refractivity contribution in [3.05, 3.63) is 35.4 Å². The molecule has 0 aromatic heterocycles. The Morgan fingerprint density at radius 3 is 3.12 bits per heavy atom. The average molecular weight is 354 g/mol. The number of carbonyl (C=O) groups excluding carboxylic acids is 1. The molecule has 1 aromatic carbocycles. The quantitative estimate of drug-likeness (QED) is 0.780. The standard InChI is InChI=1S/C19H22N4O3/c1-23-8-7-19-11-4-5-12(21-22-18(20)24)17(19)26-16-14(25-2)6-3-10(15(16)19)9-13(11)23/h3-6,11,13,17H,7-9H2,1-2H3,(H3,20,22,24)/t11-,13+,17-,19-/m0/s1. The number of hydrazone groups is 1. The van der Waals surface area contributed by atoms with Gasteiger partial charge in [-0.15, -0.1) is 0 Å². The molecule has 2 aliphatic carbocycles. The van der Waals surface area contributed by atoms with Crippen molar-refractivity contribution in [3.8, 4) is 11.5 Å². The monoisotopic (exact) mass is 354 g/mol. The van der Waals surface area contributed by atoms with Crippen LogP contribution in [0.15, 0.2) is 29.4 Å². The number of nitrogens with zero attached hydrogens (tertiary/aromatic N) is 2. The minimum atomic E-state index is -0.677. The zero-order valence-electron chi connectivity index (χ0n) is 14.9. The molecule has 5 rings (SSSR count). The lowest BCUT2D eigenvalue weighted by atomic mass is 9.53. The molecule has 0 saturated carbocycles. The smallest absolute Gasteiger partial charge is 0.332 e.